The fourth-order valence-corrected chi connectivity index (χ4v) is 3.23. The number of carbonyl (C=O) groups excluding carboxylic acids is 1. The van der Waals surface area contributed by atoms with Crippen LogP contribution in [-0.2, 0) is 14.8 Å². The Kier molecular flexibility index (Phi) is 6.00. The minimum absolute atomic E-state index is 0.109. The molecule has 0 unspecified atom stereocenters. The smallest absolute Gasteiger partial charge is 0.261 e. The lowest BCUT2D eigenvalue weighted by Gasteiger charge is -2.09. The molecule has 0 atom stereocenters. The zero-order valence-corrected chi connectivity index (χ0v) is 14.6. The molecule has 7 heteroatoms. The van der Waals surface area contributed by atoms with E-state index in [4.69, 9.17) is 11.6 Å². The molecule has 0 bridgehead atoms. The number of rotatable bonds is 6. The number of hydrogen-bond acceptors (Lipinski definition) is 3. The van der Waals surface area contributed by atoms with Gasteiger partial charge >= 0.3 is 0 Å². The first-order chi connectivity index (χ1) is 11.4. The van der Waals surface area contributed by atoms with Gasteiger partial charge in [-0.25, -0.2) is 8.42 Å². The second kappa shape index (κ2) is 7.99. The van der Waals surface area contributed by atoms with E-state index < -0.39 is 10.0 Å². The summed E-state index contributed by atoms with van der Waals surface area (Å²) in [4.78, 5) is 11.5. The predicted molar refractivity (Wildman–Crippen MR) is 96.4 cm³/mol. The minimum Gasteiger partial charge on any atom is -0.353 e. The van der Waals surface area contributed by atoms with E-state index in [9.17, 15) is 13.2 Å². The first-order valence-corrected chi connectivity index (χ1v) is 9.12. The summed E-state index contributed by atoms with van der Waals surface area (Å²) in [5.41, 5.74) is 1.04. The Hall–Kier alpha value is -2.31. The van der Waals surface area contributed by atoms with Gasteiger partial charge in [-0.1, -0.05) is 35.9 Å². The number of carbonyl (C=O) groups is 1. The zero-order chi connectivity index (χ0) is 17.6. The SMILES string of the molecule is CCNC(=O)C=Cc1ccc(S(=O)(=O)Nc2ccccc2Cl)cc1. The van der Waals surface area contributed by atoms with Crippen molar-refractivity contribution in [3.63, 3.8) is 0 Å². The van der Waals surface area contributed by atoms with E-state index in [-0.39, 0.29) is 10.8 Å². The Morgan fingerprint density at radius 3 is 2.42 bits per heavy atom. The molecule has 0 radical (unpaired) electrons. The van der Waals surface area contributed by atoms with Crippen LogP contribution in [0.1, 0.15) is 12.5 Å². The Morgan fingerprint density at radius 2 is 1.79 bits per heavy atom. The highest BCUT2D eigenvalue weighted by atomic mass is 35.5. The third-order valence-corrected chi connectivity index (χ3v) is 4.80. The van der Waals surface area contributed by atoms with Crippen molar-refractivity contribution in [2.45, 2.75) is 11.8 Å². The molecule has 5 nitrogen and oxygen atoms in total. The van der Waals surface area contributed by atoms with Gasteiger partial charge in [0.05, 0.1) is 15.6 Å². The monoisotopic (exact) mass is 364 g/mol. The zero-order valence-electron chi connectivity index (χ0n) is 13.0. The maximum Gasteiger partial charge on any atom is 0.261 e. The Bertz CT molecular complexity index is 846. The number of likely N-dealkylation sites (N-methyl/N-ethyl adjacent to an activating group) is 1. The molecule has 0 heterocycles. The summed E-state index contributed by atoms with van der Waals surface area (Å²) in [6.07, 6.45) is 3.01. The first kappa shape index (κ1) is 18.0. The topological polar surface area (TPSA) is 75.3 Å². The molecule has 2 aromatic carbocycles. The summed E-state index contributed by atoms with van der Waals surface area (Å²) in [6, 6.07) is 12.8. The lowest BCUT2D eigenvalue weighted by molar-refractivity contribution is -0.116. The number of anilines is 1. The maximum absolute atomic E-state index is 12.4. The average Bonchev–Trinajstić information content (AvgIpc) is 2.56. The van der Waals surface area contributed by atoms with E-state index in [1.807, 2.05) is 6.92 Å². The molecule has 0 fully saturated rings. The van der Waals surface area contributed by atoms with Gasteiger partial charge in [0.1, 0.15) is 0 Å². The molecule has 2 aromatic rings. The number of nitrogens with one attached hydrogen (secondary N) is 2. The third kappa shape index (κ3) is 4.84. The molecule has 0 saturated heterocycles. The Balaban J connectivity index is 2.15. The maximum atomic E-state index is 12.4. The Morgan fingerprint density at radius 1 is 1.12 bits per heavy atom. The summed E-state index contributed by atoms with van der Waals surface area (Å²) in [5.74, 6) is -0.199. The number of halogens is 1. The van der Waals surface area contributed by atoms with E-state index in [0.29, 0.717) is 17.3 Å². The lowest BCUT2D eigenvalue weighted by Crippen LogP contribution is -2.19. The van der Waals surface area contributed by atoms with Crippen molar-refractivity contribution in [1.82, 2.24) is 5.32 Å². The van der Waals surface area contributed by atoms with Crippen LogP contribution in [0.25, 0.3) is 6.08 Å². The van der Waals surface area contributed by atoms with Crippen LogP contribution >= 0.6 is 11.6 Å². The fraction of sp³-hybridized carbons (Fsp3) is 0.118. The summed E-state index contributed by atoms with van der Waals surface area (Å²) in [7, 11) is -3.73. The van der Waals surface area contributed by atoms with Crippen molar-refractivity contribution in [3.8, 4) is 0 Å². The molecule has 126 valence electrons. The van der Waals surface area contributed by atoms with Crippen LogP contribution in [0.3, 0.4) is 0 Å². The van der Waals surface area contributed by atoms with E-state index in [1.165, 1.54) is 18.2 Å². The molecular weight excluding hydrogens is 348 g/mol. The number of benzene rings is 2. The van der Waals surface area contributed by atoms with Crippen LogP contribution in [-0.4, -0.2) is 20.9 Å². The standard InChI is InChI=1S/C17H17ClN2O3S/c1-2-19-17(21)12-9-13-7-10-14(11-8-13)24(22,23)20-16-6-4-3-5-15(16)18/h3-12,20H,2H2,1H3,(H,19,21). The van der Waals surface area contributed by atoms with Crippen LogP contribution in [0.4, 0.5) is 5.69 Å². The quantitative estimate of drug-likeness (QED) is 0.772. The van der Waals surface area contributed by atoms with E-state index in [1.54, 1.807) is 42.5 Å². The van der Waals surface area contributed by atoms with Gasteiger partial charge in [0, 0.05) is 12.6 Å². The summed E-state index contributed by atoms with van der Waals surface area (Å²) in [5, 5.41) is 2.96. The first-order valence-electron chi connectivity index (χ1n) is 7.25. The molecule has 0 saturated carbocycles. The van der Waals surface area contributed by atoms with Gasteiger partial charge in [-0.3, -0.25) is 9.52 Å². The van der Waals surface area contributed by atoms with Gasteiger partial charge in [-0.05, 0) is 42.8 Å². The number of hydrogen-bond donors (Lipinski definition) is 2. The molecular formula is C17H17ClN2O3S. The molecule has 0 aliphatic carbocycles. The molecule has 1 amide bonds. The molecule has 0 aliphatic rings. The van der Waals surface area contributed by atoms with Crippen LogP contribution in [0.2, 0.25) is 5.02 Å². The molecule has 24 heavy (non-hydrogen) atoms. The largest absolute Gasteiger partial charge is 0.353 e. The van der Waals surface area contributed by atoms with Gasteiger partial charge in [-0.15, -0.1) is 0 Å². The molecule has 0 aromatic heterocycles. The second-order valence-electron chi connectivity index (χ2n) is 4.88. The number of sulfonamides is 1. The molecule has 2 rings (SSSR count). The van der Waals surface area contributed by atoms with E-state index >= 15 is 0 Å². The summed E-state index contributed by atoms with van der Waals surface area (Å²) in [6.45, 7) is 2.38. The van der Waals surface area contributed by atoms with Crippen LogP contribution in [0.5, 0.6) is 0 Å². The molecule has 0 spiro atoms. The van der Waals surface area contributed by atoms with Crippen molar-refractivity contribution in [3.05, 3.63) is 65.2 Å². The second-order valence-corrected chi connectivity index (χ2v) is 6.97. The van der Waals surface area contributed by atoms with Gasteiger partial charge in [0.25, 0.3) is 10.0 Å². The highest BCUT2D eigenvalue weighted by Crippen LogP contribution is 2.24. The van der Waals surface area contributed by atoms with Crippen LogP contribution in [0.15, 0.2) is 59.5 Å². The molecule has 2 N–H and O–H groups in total. The summed E-state index contributed by atoms with van der Waals surface area (Å²) < 4.78 is 27.2. The van der Waals surface area contributed by atoms with E-state index in [2.05, 4.69) is 10.0 Å². The van der Waals surface area contributed by atoms with Crippen molar-refractivity contribution >= 4 is 39.3 Å². The normalized spacial score (nSPS) is 11.4. The van der Waals surface area contributed by atoms with E-state index in [0.717, 1.165) is 5.56 Å². The number of para-hydroxylation sites is 1. The van der Waals surface area contributed by atoms with Gasteiger partial charge in [0.2, 0.25) is 5.91 Å². The predicted octanol–water partition coefficient (Wildman–Crippen LogP) is 3.29. The number of amides is 1. The Labute approximate surface area is 146 Å². The lowest BCUT2D eigenvalue weighted by atomic mass is 10.2. The van der Waals surface area contributed by atoms with Crippen molar-refractivity contribution < 1.29 is 13.2 Å². The van der Waals surface area contributed by atoms with Crippen molar-refractivity contribution in [1.29, 1.82) is 0 Å². The average molecular weight is 365 g/mol. The highest BCUT2D eigenvalue weighted by molar-refractivity contribution is 7.92. The van der Waals surface area contributed by atoms with Gasteiger partial charge in [-0.2, -0.15) is 0 Å². The minimum atomic E-state index is -3.73. The van der Waals surface area contributed by atoms with Gasteiger partial charge in [0.15, 0.2) is 0 Å². The highest BCUT2D eigenvalue weighted by Gasteiger charge is 2.15. The third-order valence-electron chi connectivity index (χ3n) is 3.09. The van der Waals surface area contributed by atoms with Crippen molar-refractivity contribution in [2.24, 2.45) is 0 Å². The summed E-state index contributed by atoms with van der Waals surface area (Å²) >= 11 is 5.97. The fourth-order valence-electron chi connectivity index (χ4n) is 1.91. The van der Waals surface area contributed by atoms with Crippen LogP contribution < -0.4 is 10.0 Å². The van der Waals surface area contributed by atoms with Crippen LogP contribution in [0, 0.1) is 0 Å². The van der Waals surface area contributed by atoms with Crippen molar-refractivity contribution in [2.75, 3.05) is 11.3 Å². The molecule has 0 aliphatic heterocycles. The van der Waals surface area contributed by atoms with Gasteiger partial charge < -0.3 is 5.32 Å².